The van der Waals surface area contributed by atoms with E-state index in [4.69, 9.17) is 9.47 Å². The molecule has 0 fully saturated rings. The molecule has 0 aliphatic rings. The lowest BCUT2D eigenvalue weighted by atomic mass is 10.1. The maximum Gasteiger partial charge on any atom is 0.200 e. The van der Waals surface area contributed by atoms with Crippen LogP contribution >= 0.6 is 0 Å². The maximum atomic E-state index is 5.40. The first-order valence-electron chi connectivity index (χ1n) is 6.12. The molecule has 1 heterocycles. The lowest BCUT2D eigenvalue weighted by molar-refractivity contribution is 0.391. The summed E-state index contributed by atoms with van der Waals surface area (Å²) in [5, 5.41) is 3.00. The van der Waals surface area contributed by atoms with Crippen molar-refractivity contribution in [2.24, 2.45) is 0 Å². The first-order chi connectivity index (χ1) is 9.17. The van der Waals surface area contributed by atoms with Gasteiger partial charge in [0.15, 0.2) is 5.95 Å². The van der Waals surface area contributed by atoms with Gasteiger partial charge < -0.3 is 19.8 Å². The largest absolute Gasteiger partial charge is 0.497 e. The van der Waals surface area contributed by atoms with E-state index in [1.165, 1.54) is 0 Å². The first kappa shape index (κ1) is 13.3. The summed E-state index contributed by atoms with van der Waals surface area (Å²) in [5.41, 5.74) is 3.15. The van der Waals surface area contributed by atoms with Gasteiger partial charge in [-0.15, -0.1) is 0 Å². The minimum absolute atomic E-state index is 0.719. The van der Waals surface area contributed by atoms with Gasteiger partial charge in [0.2, 0.25) is 0 Å². The molecule has 2 rings (SSSR count). The third kappa shape index (κ3) is 2.81. The van der Waals surface area contributed by atoms with Gasteiger partial charge in [-0.2, -0.15) is 0 Å². The minimum atomic E-state index is 0.719. The lowest BCUT2D eigenvalue weighted by Crippen LogP contribution is -1.97. The van der Waals surface area contributed by atoms with Crippen molar-refractivity contribution in [2.75, 3.05) is 26.6 Å². The van der Waals surface area contributed by atoms with Crippen molar-refractivity contribution in [2.45, 2.75) is 13.3 Å². The summed E-state index contributed by atoms with van der Waals surface area (Å²) in [6.07, 6.45) is 0.719. The van der Waals surface area contributed by atoms with Crippen LogP contribution in [0, 0.1) is 6.92 Å². The Balaban J connectivity index is 2.29. The van der Waals surface area contributed by atoms with E-state index in [0.29, 0.717) is 0 Å². The number of aromatic amines is 1. The molecule has 2 aromatic rings. The van der Waals surface area contributed by atoms with E-state index in [9.17, 15) is 0 Å². The predicted molar refractivity (Wildman–Crippen MR) is 75.2 cm³/mol. The Labute approximate surface area is 113 Å². The van der Waals surface area contributed by atoms with Gasteiger partial charge in [-0.05, 0) is 13.0 Å². The van der Waals surface area contributed by atoms with Crippen LogP contribution in [0.4, 0.5) is 5.95 Å². The summed E-state index contributed by atoms with van der Waals surface area (Å²) in [4.78, 5) is 7.67. The van der Waals surface area contributed by atoms with Crippen LogP contribution < -0.4 is 14.8 Å². The summed E-state index contributed by atoms with van der Waals surface area (Å²) in [6.45, 7) is 2.01. The van der Waals surface area contributed by atoms with E-state index in [-0.39, 0.29) is 0 Å². The van der Waals surface area contributed by atoms with Crippen LogP contribution in [0.2, 0.25) is 0 Å². The number of benzene rings is 1. The molecule has 2 N–H and O–H groups in total. The Morgan fingerprint density at radius 1 is 1.26 bits per heavy atom. The topological polar surface area (TPSA) is 59.2 Å². The number of aromatic nitrogens is 2. The molecule has 0 aliphatic carbocycles. The molecule has 0 spiro atoms. The first-order valence-corrected chi connectivity index (χ1v) is 6.12. The molecule has 0 saturated heterocycles. The van der Waals surface area contributed by atoms with Crippen molar-refractivity contribution in [1.82, 2.24) is 9.97 Å². The summed E-state index contributed by atoms with van der Waals surface area (Å²) in [6, 6.07) is 5.82. The number of hydrogen-bond acceptors (Lipinski definition) is 4. The van der Waals surface area contributed by atoms with Crippen LogP contribution in [0.15, 0.2) is 18.2 Å². The molecule has 0 unspecified atom stereocenters. The second kappa shape index (κ2) is 5.65. The van der Waals surface area contributed by atoms with Gasteiger partial charge in [-0.25, -0.2) is 4.98 Å². The van der Waals surface area contributed by atoms with Crippen LogP contribution in [0.25, 0.3) is 0 Å². The SMILES string of the molecule is CNc1nc(Cc2ccc(OC)cc2OC)c(C)[nH]1. The molecular formula is C14H19N3O2. The summed E-state index contributed by atoms with van der Waals surface area (Å²) < 4.78 is 10.6. The number of H-pyrrole nitrogens is 1. The molecule has 0 radical (unpaired) electrons. The van der Waals surface area contributed by atoms with E-state index >= 15 is 0 Å². The molecule has 0 atom stereocenters. The smallest absolute Gasteiger partial charge is 0.200 e. The monoisotopic (exact) mass is 261 g/mol. The number of aryl methyl sites for hydroxylation is 1. The van der Waals surface area contributed by atoms with E-state index in [0.717, 1.165) is 40.8 Å². The van der Waals surface area contributed by atoms with Crippen molar-refractivity contribution in [3.05, 3.63) is 35.2 Å². The standard InChI is InChI=1S/C14H19N3O2/c1-9-12(17-14(15-2)16-9)7-10-5-6-11(18-3)8-13(10)19-4/h5-6,8H,7H2,1-4H3,(H2,15,16,17). The van der Waals surface area contributed by atoms with Crippen LogP contribution in [-0.4, -0.2) is 31.2 Å². The zero-order valence-corrected chi connectivity index (χ0v) is 11.7. The molecule has 102 valence electrons. The number of nitrogens with zero attached hydrogens (tertiary/aromatic N) is 1. The van der Waals surface area contributed by atoms with Crippen molar-refractivity contribution >= 4 is 5.95 Å². The molecule has 5 nitrogen and oxygen atoms in total. The van der Waals surface area contributed by atoms with E-state index in [1.54, 1.807) is 14.2 Å². The average Bonchev–Trinajstić information content (AvgIpc) is 2.80. The molecule has 0 saturated carbocycles. The fourth-order valence-electron chi connectivity index (χ4n) is 1.97. The fourth-order valence-corrected chi connectivity index (χ4v) is 1.97. The third-order valence-electron chi connectivity index (χ3n) is 3.07. The lowest BCUT2D eigenvalue weighted by Gasteiger charge is -2.09. The molecular weight excluding hydrogens is 242 g/mol. The number of methoxy groups -OCH3 is 2. The van der Waals surface area contributed by atoms with E-state index in [2.05, 4.69) is 15.3 Å². The van der Waals surface area contributed by atoms with E-state index in [1.807, 2.05) is 32.2 Å². The highest BCUT2D eigenvalue weighted by atomic mass is 16.5. The zero-order valence-electron chi connectivity index (χ0n) is 11.7. The fraction of sp³-hybridized carbons (Fsp3) is 0.357. The van der Waals surface area contributed by atoms with Crippen LogP contribution in [0.3, 0.4) is 0 Å². The highest BCUT2D eigenvalue weighted by Gasteiger charge is 2.11. The molecule has 5 heteroatoms. The van der Waals surface area contributed by atoms with Gasteiger partial charge in [-0.3, -0.25) is 0 Å². The number of rotatable bonds is 5. The number of anilines is 1. The molecule has 1 aromatic carbocycles. The predicted octanol–water partition coefficient (Wildman–Crippen LogP) is 2.37. The second-order valence-corrected chi connectivity index (χ2v) is 4.26. The number of imidazole rings is 1. The maximum absolute atomic E-state index is 5.40. The molecule has 0 aliphatic heterocycles. The van der Waals surface area contributed by atoms with Crippen LogP contribution in [-0.2, 0) is 6.42 Å². The Kier molecular flexibility index (Phi) is 3.94. The van der Waals surface area contributed by atoms with Crippen LogP contribution in [0.5, 0.6) is 11.5 Å². The van der Waals surface area contributed by atoms with Crippen molar-refractivity contribution in [1.29, 1.82) is 0 Å². The molecule has 19 heavy (non-hydrogen) atoms. The van der Waals surface area contributed by atoms with E-state index < -0.39 is 0 Å². The minimum Gasteiger partial charge on any atom is -0.497 e. The second-order valence-electron chi connectivity index (χ2n) is 4.26. The van der Waals surface area contributed by atoms with Gasteiger partial charge in [0.1, 0.15) is 11.5 Å². The molecule has 1 aromatic heterocycles. The molecule has 0 bridgehead atoms. The van der Waals surface area contributed by atoms with Gasteiger partial charge in [0.25, 0.3) is 0 Å². The highest BCUT2D eigenvalue weighted by molar-refractivity contribution is 5.43. The van der Waals surface area contributed by atoms with Crippen molar-refractivity contribution < 1.29 is 9.47 Å². The van der Waals surface area contributed by atoms with Gasteiger partial charge in [0.05, 0.1) is 19.9 Å². The Morgan fingerprint density at radius 2 is 2.05 bits per heavy atom. The van der Waals surface area contributed by atoms with Crippen LogP contribution in [0.1, 0.15) is 17.0 Å². The van der Waals surface area contributed by atoms with Crippen molar-refractivity contribution in [3.63, 3.8) is 0 Å². The van der Waals surface area contributed by atoms with Gasteiger partial charge in [0, 0.05) is 30.8 Å². The number of nitrogens with one attached hydrogen (secondary N) is 2. The van der Waals surface area contributed by atoms with Gasteiger partial charge >= 0.3 is 0 Å². The summed E-state index contributed by atoms with van der Waals surface area (Å²) in [7, 11) is 5.15. The quantitative estimate of drug-likeness (QED) is 0.867. The average molecular weight is 261 g/mol. The molecule has 0 amide bonds. The number of hydrogen-bond donors (Lipinski definition) is 2. The van der Waals surface area contributed by atoms with Gasteiger partial charge in [-0.1, -0.05) is 6.07 Å². The summed E-state index contributed by atoms with van der Waals surface area (Å²) in [5.74, 6) is 2.38. The Bertz CT molecular complexity index is 564. The number of ether oxygens (including phenoxy) is 2. The van der Waals surface area contributed by atoms with Crippen molar-refractivity contribution in [3.8, 4) is 11.5 Å². The third-order valence-corrected chi connectivity index (χ3v) is 3.07. The Hall–Kier alpha value is -2.17. The summed E-state index contributed by atoms with van der Waals surface area (Å²) >= 11 is 0. The zero-order chi connectivity index (χ0) is 13.8. The normalized spacial score (nSPS) is 10.3. The Morgan fingerprint density at radius 3 is 2.63 bits per heavy atom. The highest BCUT2D eigenvalue weighted by Crippen LogP contribution is 2.27.